The summed E-state index contributed by atoms with van der Waals surface area (Å²) in [7, 11) is -3.47. The Balaban J connectivity index is 2.10. The van der Waals surface area contributed by atoms with E-state index >= 15 is 0 Å². The van der Waals surface area contributed by atoms with E-state index in [1.807, 2.05) is 50.2 Å². The molecule has 1 aliphatic heterocycles. The average molecular weight is 287 g/mol. The second-order valence-electron chi connectivity index (χ2n) is 5.22. The zero-order valence-corrected chi connectivity index (χ0v) is 12.4. The molecule has 104 valence electrons. The molecule has 0 unspecified atom stereocenters. The molecule has 0 fully saturated rings. The van der Waals surface area contributed by atoms with Gasteiger partial charge in [-0.2, -0.15) is 0 Å². The SMILES string of the molecule is Cc1ccc(S(=O)(=O)N2CCc3ccccc32)c(C)c1. The summed E-state index contributed by atoms with van der Waals surface area (Å²) in [6.07, 6.45) is 0.778. The number of rotatable bonds is 2. The zero-order valence-electron chi connectivity index (χ0n) is 11.6. The molecule has 0 saturated heterocycles. The van der Waals surface area contributed by atoms with E-state index in [1.54, 1.807) is 6.07 Å². The highest BCUT2D eigenvalue weighted by Gasteiger charge is 2.31. The molecule has 1 heterocycles. The Kier molecular flexibility index (Phi) is 3.05. The smallest absolute Gasteiger partial charge is 0.264 e. The summed E-state index contributed by atoms with van der Waals surface area (Å²) in [6.45, 7) is 4.34. The standard InChI is InChI=1S/C16H17NO2S/c1-12-7-8-16(13(2)11-12)20(18,19)17-10-9-14-5-3-4-6-15(14)17/h3-8,11H,9-10H2,1-2H3. The van der Waals surface area contributed by atoms with Crippen LogP contribution in [0.2, 0.25) is 0 Å². The Labute approximate surface area is 119 Å². The van der Waals surface area contributed by atoms with Crippen LogP contribution in [-0.4, -0.2) is 15.0 Å². The topological polar surface area (TPSA) is 37.4 Å². The van der Waals surface area contributed by atoms with E-state index in [2.05, 4.69) is 0 Å². The fourth-order valence-electron chi connectivity index (χ4n) is 2.77. The lowest BCUT2D eigenvalue weighted by molar-refractivity contribution is 0.591. The lowest BCUT2D eigenvalue weighted by Gasteiger charge is -2.20. The zero-order chi connectivity index (χ0) is 14.3. The van der Waals surface area contributed by atoms with E-state index in [4.69, 9.17) is 0 Å². The first kappa shape index (κ1) is 13.2. The number of fused-ring (bicyclic) bond motifs is 1. The molecule has 0 saturated carbocycles. The molecule has 0 bridgehead atoms. The second-order valence-corrected chi connectivity index (χ2v) is 7.06. The van der Waals surface area contributed by atoms with Crippen molar-refractivity contribution in [3.05, 3.63) is 59.2 Å². The van der Waals surface area contributed by atoms with Crippen molar-refractivity contribution in [1.29, 1.82) is 0 Å². The lowest BCUT2D eigenvalue weighted by Crippen LogP contribution is -2.29. The number of sulfonamides is 1. The lowest BCUT2D eigenvalue weighted by atomic mass is 10.2. The molecule has 4 heteroatoms. The van der Waals surface area contributed by atoms with E-state index in [1.165, 1.54) is 4.31 Å². The molecule has 1 aliphatic rings. The maximum Gasteiger partial charge on any atom is 0.264 e. The Bertz CT molecular complexity index is 766. The van der Waals surface area contributed by atoms with Crippen LogP contribution in [0.15, 0.2) is 47.4 Å². The summed E-state index contributed by atoms with van der Waals surface area (Å²) in [5, 5.41) is 0. The van der Waals surface area contributed by atoms with E-state index in [0.717, 1.165) is 28.8 Å². The van der Waals surface area contributed by atoms with Crippen LogP contribution < -0.4 is 4.31 Å². The molecule has 2 aromatic carbocycles. The molecule has 3 rings (SSSR count). The van der Waals surface area contributed by atoms with Crippen molar-refractivity contribution in [1.82, 2.24) is 0 Å². The van der Waals surface area contributed by atoms with Gasteiger partial charge in [0.2, 0.25) is 0 Å². The summed E-state index contributed by atoms with van der Waals surface area (Å²) < 4.78 is 27.2. The van der Waals surface area contributed by atoms with Gasteiger partial charge in [0.25, 0.3) is 10.0 Å². The summed E-state index contributed by atoms with van der Waals surface area (Å²) in [4.78, 5) is 0.403. The maximum absolute atomic E-state index is 12.9. The monoisotopic (exact) mass is 287 g/mol. The van der Waals surface area contributed by atoms with Crippen LogP contribution >= 0.6 is 0 Å². The molecule has 3 nitrogen and oxygen atoms in total. The number of para-hydroxylation sites is 1. The largest absolute Gasteiger partial charge is 0.266 e. The van der Waals surface area contributed by atoms with Gasteiger partial charge in [-0.3, -0.25) is 4.31 Å². The Morgan fingerprint density at radius 1 is 1.05 bits per heavy atom. The Morgan fingerprint density at radius 3 is 2.55 bits per heavy atom. The highest BCUT2D eigenvalue weighted by Crippen LogP contribution is 2.33. The summed E-state index contributed by atoms with van der Waals surface area (Å²) in [5.41, 5.74) is 3.78. The first-order chi connectivity index (χ1) is 9.50. The van der Waals surface area contributed by atoms with Gasteiger partial charge in [0.05, 0.1) is 10.6 Å². The first-order valence-electron chi connectivity index (χ1n) is 6.68. The van der Waals surface area contributed by atoms with E-state index < -0.39 is 10.0 Å². The predicted octanol–water partition coefficient (Wildman–Crippen LogP) is 3.05. The van der Waals surface area contributed by atoms with Crippen LogP contribution in [0, 0.1) is 13.8 Å². The summed E-state index contributed by atoms with van der Waals surface area (Å²) in [5.74, 6) is 0. The number of hydrogen-bond acceptors (Lipinski definition) is 2. The van der Waals surface area contributed by atoms with Crippen molar-refractivity contribution in [2.75, 3.05) is 10.8 Å². The molecular weight excluding hydrogens is 270 g/mol. The number of aryl methyl sites for hydroxylation is 2. The summed E-state index contributed by atoms with van der Waals surface area (Å²) >= 11 is 0. The normalized spacial score (nSPS) is 14.4. The van der Waals surface area contributed by atoms with Crippen molar-refractivity contribution < 1.29 is 8.42 Å². The van der Waals surface area contributed by atoms with Gasteiger partial charge in [-0.1, -0.05) is 35.9 Å². The van der Waals surface area contributed by atoms with Gasteiger partial charge in [-0.05, 0) is 43.5 Å². The third-order valence-electron chi connectivity index (χ3n) is 3.74. The van der Waals surface area contributed by atoms with Gasteiger partial charge in [0, 0.05) is 6.54 Å². The molecule has 0 aromatic heterocycles. The number of benzene rings is 2. The minimum atomic E-state index is -3.47. The van der Waals surface area contributed by atoms with Crippen molar-refractivity contribution >= 4 is 15.7 Å². The quantitative estimate of drug-likeness (QED) is 0.851. The molecule has 0 N–H and O–H groups in total. The molecular formula is C16H17NO2S. The summed E-state index contributed by atoms with van der Waals surface area (Å²) in [6, 6.07) is 13.2. The molecule has 20 heavy (non-hydrogen) atoms. The Morgan fingerprint density at radius 2 is 1.80 bits per heavy atom. The third-order valence-corrected chi connectivity index (χ3v) is 5.72. The number of nitrogens with zero attached hydrogens (tertiary/aromatic N) is 1. The second kappa shape index (κ2) is 4.63. The fraction of sp³-hybridized carbons (Fsp3) is 0.250. The van der Waals surface area contributed by atoms with E-state index in [-0.39, 0.29) is 0 Å². The molecule has 0 radical (unpaired) electrons. The molecule has 2 aromatic rings. The van der Waals surface area contributed by atoms with Gasteiger partial charge in [-0.25, -0.2) is 8.42 Å². The Hall–Kier alpha value is -1.81. The van der Waals surface area contributed by atoms with Crippen LogP contribution in [0.5, 0.6) is 0 Å². The van der Waals surface area contributed by atoms with Crippen LogP contribution in [0.25, 0.3) is 0 Å². The predicted molar refractivity (Wildman–Crippen MR) is 80.6 cm³/mol. The van der Waals surface area contributed by atoms with Crippen LogP contribution in [-0.2, 0) is 16.4 Å². The minimum absolute atomic E-state index is 0.403. The molecule has 0 aliphatic carbocycles. The van der Waals surface area contributed by atoms with Crippen LogP contribution in [0.3, 0.4) is 0 Å². The third kappa shape index (κ3) is 2.00. The molecule has 0 atom stereocenters. The minimum Gasteiger partial charge on any atom is -0.266 e. The van der Waals surface area contributed by atoms with Crippen LogP contribution in [0.4, 0.5) is 5.69 Å². The first-order valence-corrected chi connectivity index (χ1v) is 8.12. The van der Waals surface area contributed by atoms with Crippen molar-refractivity contribution in [3.63, 3.8) is 0 Å². The van der Waals surface area contributed by atoms with Gasteiger partial charge >= 0.3 is 0 Å². The van der Waals surface area contributed by atoms with E-state index in [9.17, 15) is 8.42 Å². The fourth-order valence-corrected chi connectivity index (χ4v) is 4.48. The highest BCUT2D eigenvalue weighted by atomic mass is 32.2. The van der Waals surface area contributed by atoms with Gasteiger partial charge in [-0.15, -0.1) is 0 Å². The molecule has 0 amide bonds. The van der Waals surface area contributed by atoms with Crippen molar-refractivity contribution in [3.8, 4) is 0 Å². The van der Waals surface area contributed by atoms with E-state index in [0.29, 0.717) is 11.4 Å². The van der Waals surface area contributed by atoms with Crippen molar-refractivity contribution in [2.24, 2.45) is 0 Å². The molecule has 0 spiro atoms. The highest BCUT2D eigenvalue weighted by molar-refractivity contribution is 7.93. The van der Waals surface area contributed by atoms with Crippen LogP contribution in [0.1, 0.15) is 16.7 Å². The van der Waals surface area contributed by atoms with Gasteiger partial charge in [0.15, 0.2) is 0 Å². The van der Waals surface area contributed by atoms with Gasteiger partial charge in [0.1, 0.15) is 0 Å². The number of hydrogen-bond donors (Lipinski definition) is 0. The van der Waals surface area contributed by atoms with Crippen molar-refractivity contribution in [2.45, 2.75) is 25.2 Å². The maximum atomic E-state index is 12.9. The van der Waals surface area contributed by atoms with Gasteiger partial charge < -0.3 is 0 Å². The number of anilines is 1. The average Bonchev–Trinajstić information content (AvgIpc) is 2.82.